The lowest BCUT2D eigenvalue weighted by molar-refractivity contribution is 0.198. The van der Waals surface area contributed by atoms with Crippen molar-refractivity contribution < 1.29 is 5.11 Å². The van der Waals surface area contributed by atoms with Crippen LogP contribution < -0.4 is 11.1 Å². The Morgan fingerprint density at radius 3 is 2.74 bits per heavy atom. The van der Waals surface area contributed by atoms with E-state index in [1.165, 1.54) is 0 Å². The maximum absolute atomic E-state index is 10.3. The van der Waals surface area contributed by atoms with Crippen LogP contribution >= 0.6 is 0 Å². The summed E-state index contributed by atoms with van der Waals surface area (Å²) in [5, 5.41) is 22.9. The van der Waals surface area contributed by atoms with Gasteiger partial charge in [-0.2, -0.15) is 5.26 Å². The van der Waals surface area contributed by atoms with Crippen molar-refractivity contribution in [1.29, 1.82) is 5.26 Å². The number of nitrogens with two attached hydrogens (primary N) is 1. The molecule has 1 atom stereocenters. The fourth-order valence-corrected chi connectivity index (χ4v) is 3.89. The van der Waals surface area contributed by atoms with Gasteiger partial charge in [-0.15, -0.1) is 0 Å². The average Bonchev–Trinajstić information content (AvgIpc) is 3.25. The Morgan fingerprint density at radius 1 is 1.29 bits per heavy atom. The first-order chi connectivity index (χ1) is 16.8. The average molecular weight is 471 g/mol. The number of aliphatic hydroxyl groups excluding tert-OH is 1. The van der Waals surface area contributed by atoms with E-state index in [0.717, 1.165) is 41.0 Å². The van der Waals surface area contributed by atoms with Crippen molar-refractivity contribution in [3.63, 3.8) is 0 Å². The largest absolute Gasteiger partial charge is 0.402 e. The minimum absolute atomic E-state index is 0.524. The Bertz CT molecular complexity index is 1450. The fraction of sp³-hybridized carbons (Fsp3) is 0.269. The molecule has 0 saturated carbocycles. The SMILES string of the molecule is CCC/C(=C\C=C(\C)N)Nc1ccc2c(c1)ncn2-c1ccc(C(C)O)c(-n2cc(C#N)n2C)n1. The number of nitrogens with one attached hydrogen (secondary N) is 1. The second-order valence-electron chi connectivity index (χ2n) is 8.55. The molecule has 1 unspecified atom stereocenters. The van der Waals surface area contributed by atoms with Gasteiger partial charge in [0.25, 0.3) is 0 Å². The minimum atomic E-state index is -0.712. The zero-order valence-corrected chi connectivity index (χ0v) is 20.4. The number of aromatic nitrogens is 5. The number of hydrogen-bond acceptors (Lipinski definition) is 6. The van der Waals surface area contributed by atoms with Crippen molar-refractivity contribution in [3.05, 3.63) is 77.7 Å². The molecule has 35 heavy (non-hydrogen) atoms. The van der Waals surface area contributed by atoms with Gasteiger partial charge in [0, 0.05) is 29.7 Å². The summed E-state index contributed by atoms with van der Waals surface area (Å²) in [6.07, 6.45) is 8.56. The highest BCUT2D eigenvalue weighted by Crippen LogP contribution is 2.26. The highest BCUT2D eigenvalue weighted by molar-refractivity contribution is 5.81. The molecule has 0 bridgehead atoms. The summed E-state index contributed by atoms with van der Waals surface area (Å²) in [6, 6.07) is 11.9. The van der Waals surface area contributed by atoms with Crippen LogP contribution in [0.3, 0.4) is 0 Å². The van der Waals surface area contributed by atoms with Crippen LogP contribution in [-0.2, 0) is 7.05 Å². The summed E-state index contributed by atoms with van der Waals surface area (Å²) < 4.78 is 5.36. The molecular formula is C26H30N8O. The third-order valence-corrected chi connectivity index (χ3v) is 5.75. The number of anilines is 1. The lowest BCUT2D eigenvalue weighted by Gasteiger charge is -2.22. The van der Waals surface area contributed by atoms with E-state index in [4.69, 9.17) is 10.7 Å². The summed E-state index contributed by atoms with van der Waals surface area (Å²) >= 11 is 0. The molecule has 0 amide bonds. The van der Waals surface area contributed by atoms with Crippen LogP contribution in [0.1, 0.15) is 51.0 Å². The molecule has 0 aliphatic carbocycles. The molecule has 0 aliphatic rings. The highest BCUT2D eigenvalue weighted by atomic mass is 16.3. The number of rotatable bonds is 8. The first kappa shape index (κ1) is 23.9. The maximum Gasteiger partial charge on any atom is 0.159 e. The Morgan fingerprint density at radius 2 is 2.09 bits per heavy atom. The molecule has 0 radical (unpaired) electrons. The van der Waals surface area contributed by atoms with Crippen LogP contribution in [0.4, 0.5) is 5.69 Å². The zero-order valence-electron chi connectivity index (χ0n) is 20.4. The fourth-order valence-electron chi connectivity index (χ4n) is 3.89. The number of nitrogens with zero attached hydrogens (tertiary/aromatic N) is 6. The van der Waals surface area contributed by atoms with Gasteiger partial charge in [0.2, 0.25) is 0 Å². The number of hydrogen-bond donors (Lipinski definition) is 3. The van der Waals surface area contributed by atoms with Crippen molar-refractivity contribution in [1.82, 2.24) is 23.9 Å². The molecule has 3 aromatic heterocycles. The standard InChI is InChI=1S/C26H30N8O/c1-5-6-19(8-7-17(2)28)30-20-9-11-24-23(13-20)29-16-33(24)25-12-10-22(18(3)35)26(31-25)34-15-21(14-27)32(34)4/h7-13,15-16,18,30,35H,5-6,28H2,1-4H3/b17-7-,19-8+. The molecule has 0 aliphatic heterocycles. The van der Waals surface area contributed by atoms with Gasteiger partial charge in [-0.25, -0.2) is 14.6 Å². The molecule has 180 valence electrons. The van der Waals surface area contributed by atoms with Crippen LogP contribution in [0.15, 0.2) is 66.4 Å². The topological polar surface area (TPSA) is 123 Å². The molecule has 0 spiro atoms. The predicted octanol–water partition coefficient (Wildman–Crippen LogP) is 4.43. The van der Waals surface area contributed by atoms with Crippen molar-refractivity contribution in [2.24, 2.45) is 12.8 Å². The first-order valence-corrected chi connectivity index (χ1v) is 11.5. The highest BCUT2D eigenvalue weighted by Gasteiger charge is 2.18. The van der Waals surface area contributed by atoms with E-state index in [1.54, 1.807) is 35.9 Å². The van der Waals surface area contributed by atoms with Crippen LogP contribution in [0, 0.1) is 11.3 Å². The normalized spacial score (nSPS) is 13.3. The van der Waals surface area contributed by atoms with E-state index in [-0.39, 0.29) is 0 Å². The smallest absolute Gasteiger partial charge is 0.159 e. The van der Waals surface area contributed by atoms with Gasteiger partial charge in [0.15, 0.2) is 11.5 Å². The predicted molar refractivity (Wildman–Crippen MR) is 137 cm³/mol. The number of pyridine rings is 1. The Hall–Kier alpha value is -4.29. The first-order valence-electron chi connectivity index (χ1n) is 11.5. The molecule has 0 saturated heterocycles. The molecule has 3 heterocycles. The number of fused-ring (bicyclic) bond motifs is 1. The van der Waals surface area contributed by atoms with Gasteiger partial charge >= 0.3 is 0 Å². The van der Waals surface area contributed by atoms with Gasteiger partial charge < -0.3 is 16.2 Å². The number of nitriles is 1. The molecule has 4 N–H and O–H groups in total. The zero-order chi connectivity index (χ0) is 25.1. The summed E-state index contributed by atoms with van der Waals surface area (Å²) in [5.41, 5.74) is 11.5. The van der Waals surface area contributed by atoms with Crippen molar-refractivity contribution >= 4 is 16.7 Å². The van der Waals surface area contributed by atoms with Gasteiger partial charge in [0.1, 0.15) is 18.2 Å². The number of aliphatic hydroxyl groups is 1. The van der Waals surface area contributed by atoms with Crippen LogP contribution in [0.5, 0.6) is 0 Å². The van der Waals surface area contributed by atoms with Crippen molar-refractivity contribution in [2.75, 3.05) is 5.32 Å². The van der Waals surface area contributed by atoms with Gasteiger partial charge in [-0.3, -0.25) is 9.25 Å². The van der Waals surface area contributed by atoms with Crippen molar-refractivity contribution in [3.8, 4) is 17.7 Å². The molecule has 9 heteroatoms. The monoisotopic (exact) mass is 470 g/mol. The van der Waals surface area contributed by atoms with E-state index in [1.807, 2.05) is 54.0 Å². The van der Waals surface area contributed by atoms with E-state index in [2.05, 4.69) is 23.3 Å². The molecule has 4 rings (SSSR count). The molecule has 9 nitrogen and oxygen atoms in total. The summed E-state index contributed by atoms with van der Waals surface area (Å²) in [5.74, 6) is 1.23. The van der Waals surface area contributed by atoms with Crippen LogP contribution in [0.2, 0.25) is 0 Å². The number of benzene rings is 1. The summed E-state index contributed by atoms with van der Waals surface area (Å²) in [6.45, 7) is 5.70. The molecular weight excluding hydrogens is 440 g/mol. The summed E-state index contributed by atoms with van der Waals surface area (Å²) in [4.78, 5) is 9.41. The molecule has 1 aromatic carbocycles. The number of imidazole rings is 1. The Labute approximate surface area is 204 Å². The van der Waals surface area contributed by atoms with E-state index in [9.17, 15) is 10.4 Å². The van der Waals surface area contributed by atoms with Gasteiger partial charge in [-0.1, -0.05) is 13.3 Å². The maximum atomic E-state index is 10.3. The van der Waals surface area contributed by atoms with E-state index >= 15 is 0 Å². The lowest BCUT2D eigenvalue weighted by Crippen LogP contribution is -2.23. The third kappa shape index (κ3) is 4.83. The van der Waals surface area contributed by atoms with E-state index < -0.39 is 6.10 Å². The second kappa shape index (κ2) is 9.91. The lowest BCUT2D eigenvalue weighted by atomic mass is 10.1. The van der Waals surface area contributed by atoms with E-state index in [0.29, 0.717) is 22.9 Å². The number of allylic oxidation sites excluding steroid dienone is 4. The van der Waals surface area contributed by atoms with Gasteiger partial charge in [-0.05, 0) is 62.8 Å². The second-order valence-corrected chi connectivity index (χ2v) is 8.55. The van der Waals surface area contributed by atoms with Crippen molar-refractivity contribution in [2.45, 2.75) is 39.7 Å². The van der Waals surface area contributed by atoms with Crippen LogP contribution in [0.25, 0.3) is 22.7 Å². The third-order valence-electron chi connectivity index (χ3n) is 5.75. The van der Waals surface area contributed by atoms with Crippen LogP contribution in [-0.4, -0.2) is 29.0 Å². The Balaban J connectivity index is 1.70. The van der Waals surface area contributed by atoms with Gasteiger partial charge in [0.05, 0.1) is 23.3 Å². The summed E-state index contributed by atoms with van der Waals surface area (Å²) in [7, 11) is 1.78. The minimum Gasteiger partial charge on any atom is -0.402 e. The molecule has 0 fully saturated rings. The molecule has 4 aromatic rings. The quantitative estimate of drug-likeness (QED) is 0.327. The Kier molecular flexibility index (Phi) is 6.75.